The average molecular weight is 841 g/mol. The number of hydrogen-bond donors (Lipinski definition) is 0. The van der Waals surface area contributed by atoms with Crippen LogP contribution in [0.15, 0.2) is 194 Å². The Kier molecular flexibility index (Phi) is 8.15. The molecular weight excluding hydrogens is 809 g/mol. The quantitative estimate of drug-likeness (QED) is 0.167. The van der Waals surface area contributed by atoms with Crippen molar-refractivity contribution in [1.82, 2.24) is 29.5 Å². The molecule has 0 saturated heterocycles. The van der Waals surface area contributed by atoms with E-state index in [1.165, 1.54) is 30.3 Å². The molecular formula is C55H32N6S2. The van der Waals surface area contributed by atoms with Gasteiger partial charge in [-0.1, -0.05) is 140 Å². The monoisotopic (exact) mass is 840 g/mol. The van der Waals surface area contributed by atoms with Crippen LogP contribution in [0.4, 0.5) is 0 Å². The molecule has 0 aliphatic carbocycles. The van der Waals surface area contributed by atoms with E-state index in [1.54, 1.807) is 22.7 Å². The summed E-state index contributed by atoms with van der Waals surface area (Å²) in [6.07, 6.45) is 0. The number of para-hydroxylation sites is 2. The maximum absolute atomic E-state index is 5.25. The third kappa shape index (κ3) is 5.95. The topological polar surface area (TPSA) is 69.4 Å². The summed E-state index contributed by atoms with van der Waals surface area (Å²) in [4.78, 5) is 25.9. The fraction of sp³-hybridized carbons (Fsp3) is 0. The highest BCUT2D eigenvalue weighted by Crippen LogP contribution is 2.42. The molecule has 0 spiro atoms. The lowest BCUT2D eigenvalue weighted by Gasteiger charge is -2.10. The third-order valence-corrected chi connectivity index (χ3v) is 14.2. The van der Waals surface area contributed by atoms with Crippen molar-refractivity contribution in [3.63, 3.8) is 0 Å². The van der Waals surface area contributed by atoms with Crippen molar-refractivity contribution in [2.24, 2.45) is 0 Å². The van der Waals surface area contributed by atoms with Gasteiger partial charge in [0.25, 0.3) is 0 Å². The Bertz CT molecular complexity index is 3910. The number of hydrogen-bond acceptors (Lipinski definition) is 7. The molecule has 0 saturated carbocycles. The summed E-state index contributed by atoms with van der Waals surface area (Å²) in [5.74, 6) is 2.59. The fourth-order valence-corrected chi connectivity index (χ4v) is 11.2. The van der Waals surface area contributed by atoms with Gasteiger partial charge in [0, 0.05) is 74.5 Å². The molecule has 0 amide bonds. The summed E-state index contributed by atoms with van der Waals surface area (Å²) in [5.41, 5.74) is 10.2. The Balaban J connectivity index is 0.945. The number of rotatable bonds is 6. The lowest BCUT2D eigenvalue weighted by Crippen LogP contribution is -2.00. The van der Waals surface area contributed by atoms with E-state index in [0.717, 1.165) is 77.0 Å². The summed E-state index contributed by atoms with van der Waals surface area (Å²) < 4.78 is 7.00. The number of fused-ring (bicyclic) bond motifs is 9. The van der Waals surface area contributed by atoms with Crippen LogP contribution in [0.1, 0.15) is 0 Å². The van der Waals surface area contributed by atoms with Crippen molar-refractivity contribution in [3.05, 3.63) is 194 Å². The zero-order valence-electron chi connectivity index (χ0n) is 33.5. The summed E-state index contributed by atoms with van der Waals surface area (Å²) in [7, 11) is 0. The summed E-state index contributed by atoms with van der Waals surface area (Å²) in [6, 6.07) is 67.9. The Hall–Kier alpha value is -7.91. The first kappa shape index (κ1) is 35.8. The van der Waals surface area contributed by atoms with Crippen molar-refractivity contribution in [2.75, 3.05) is 0 Å². The van der Waals surface area contributed by atoms with E-state index >= 15 is 0 Å². The molecule has 63 heavy (non-hydrogen) atoms. The molecule has 13 aromatic rings. The highest BCUT2D eigenvalue weighted by atomic mass is 32.1. The van der Waals surface area contributed by atoms with Crippen LogP contribution in [0.2, 0.25) is 0 Å². The van der Waals surface area contributed by atoms with Crippen LogP contribution in [0.5, 0.6) is 0 Å². The van der Waals surface area contributed by atoms with Crippen LogP contribution in [0.3, 0.4) is 0 Å². The van der Waals surface area contributed by atoms with E-state index < -0.39 is 0 Å². The molecule has 8 heteroatoms. The fourth-order valence-electron chi connectivity index (χ4n) is 8.88. The van der Waals surface area contributed by atoms with Crippen LogP contribution in [-0.2, 0) is 0 Å². The Morgan fingerprint density at radius 2 is 0.873 bits per heavy atom. The SMILES string of the molecule is c1ccc(-c2nc(-c3ccc4sc5cc(-c6nc(-c7ccccc7)c7sc8ccccc8c7n6)ccc5c4c3)nc(-c3ccc4c5ccccc5n(-c5ccccc5)c4c3)n2)cc1. The van der Waals surface area contributed by atoms with Crippen LogP contribution in [0.25, 0.3) is 125 Å². The maximum Gasteiger partial charge on any atom is 0.164 e. The smallest absolute Gasteiger partial charge is 0.164 e. The van der Waals surface area contributed by atoms with E-state index in [9.17, 15) is 0 Å². The predicted molar refractivity (Wildman–Crippen MR) is 263 cm³/mol. The molecule has 0 aliphatic rings. The number of thiophene rings is 2. The maximum atomic E-state index is 5.25. The first-order valence-electron chi connectivity index (χ1n) is 20.8. The van der Waals surface area contributed by atoms with Gasteiger partial charge in [-0.25, -0.2) is 24.9 Å². The minimum atomic E-state index is 0.621. The van der Waals surface area contributed by atoms with E-state index in [2.05, 4.69) is 174 Å². The first-order valence-corrected chi connectivity index (χ1v) is 22.5. The lowest BCUT2D eigenvalue weighted by molar-refractivity contribution is 1.07. The summed E-state index contributed by atoms with van der Waals surface area (Å²) >= 11 is 3.53. The van der Waals surface area contributed by atoms with Crippen molar-refractivity contribution < 1.29 is 0 Å². The van der Waals surface area contributed by atoms with Gasteiger partial charge < -0.3 is 4.57 Å². The van der Waals surface area contributed by atoms with Crippen molar-refractivity contribution in [2.45, 2.75) is 0 Å². The molecule has 5 aromatic heterocycles. The molecule has 13 rings (SSSR count). The van der Waals surface area contributed by atoms with Gasteiger partial charge in [-0.15, -0.1) is 22.7 Å². The van der Waals surface area contributed by atoms with Gasteiger partial charge in [0.05, 0.1) is 26.9 Å². The van der Waals surface area contributed by atoms with Gasteiger partial charge in [-0.05, 0) is 54.6 Å². The molecule has 0 fully saturated rings. The zero-order valence-corrected chi connectivity index (χ0v) is 35.1. The summed E-state index contributed by atoms with van der Waals surface area (Å²) in [5, 5.41) is 5.86. The van der Waals surface area contributed by atoms with E-state index in [1.807, 2.05) is 24.3 Å². The van der Waals surface area contributed by atoms with Gasteiger partial charge >= 0.3 is 0 Å². The number of nitrogens with zero attached hydrogens (tertiary/aromatic N) is 6. The molecule has 0 unspecified atom stereocenters. The Morgan fingerprint density at radius 3 is 1.65 bits per heavy atom. The number of aromatic nitrogens is 6. The van der Waals surface area contributed by atoms with Gasteiger partial charge in [0.15, 0.2) is 23.3 Å². The van der Waals surface area contributed by atoms with Crippen molar-refractivity contribution >= 4 is 85.0 Å². The molecule has 5 heterocycles. The number of benzene rings is 8. The van der Waals surface area contributed by atoms with Gasteiger partial charge in [-0.2, -0.15) is 0 Å². The van der Waals surface area contributed by atoms with Crippen molar-refractivity contribution in [1.29, 1.82) is 0 Å². The summed E-state index contributed by atoms with van der Waals surface area (Å²) in [6.45, 7) is 0. The molecule has 6 nitrogen and oxygen atoms in total. The van der Waals surface area contributed by atoms with Gasteiger partial charge in [-0.3, -0.25) is 0 Å². The standard InChI is InChI=1S/C55H32N6S2/c1-4-14-33(15-5-1)49-51-50(42-21-11-13-23-46(42)63-51)57-53(56-49)37-25-28-41-43-30-35(26-29-47(43)62-48(41)32-37)54-58-52(34-16-6-2-7-17-34)59-55(60-54)36-24-27-40-39-20-10-12-22-44(39)61(45(40)31-36)38-18-8-3-9-19-38/h1-32H. The molecule has 0 atom stereocenters. The second-order valence-electron chi connectivity index (χ2n) is 15.7. The van der Waals surface area contributed by atoms with Gasteiger partial charge in [0.1, 0.15) is 0 Å². The first-order chi connectivity index (χ1) is 31.2. The molecule has 0 radical (unpaired) electrons. The highest BCUT2D eigenvalue weighted by molar-refractivity contribution is 7.26. The second-order valence-corrected chi connectivity index (χ2v) is 17.8. The lowest BCUT2D eigenvalue weighted by atomic mass is 10.1. The third-order valence-electron chi connectivity index (χ3n) is 11.9. The minimum absolute atomic E-state index is 0.621. The molecule has 0 bridgehead atoms. The highest BCUT2D eigenvalue weighted by Gasteiger charge is 2.20. The van der Waals surface area contributed by atoms with E-state index in [0.29, 0.717) is 17.5 Å². The van der Waals surface area contributed by atoms with Crippen LogP contribution < -0.4 is 0 Å². The predicted octanol–water partition coefficient (Wildman–Crippen LogP) is 14.8. The largest absolute Gasteiger partial charge is 0.309 e. The molecule has 294 valence electrons. The Labute approximate surface area is 369 Å². The van der Waals surface area contributed by atoms with Crippen molar-refractivity contribution in [3.8, 4) is 62.5 Å². The van der Waals surface area contributed by atoms with E-state index in [-0.39, 0.29) is 0 Å². The molecule has 0 aliphatic heterocycles. The van der Waals surface area contributed by atoms with Crippen LogP contribution in [-0.4, -0.2) is 29.5 Å². The molecule has 0 N–H and O–H groups in total. The Morgan fingerprint density at radius 1 is 0.317 bits per heavy atom. The van der Waals surface area contributed by atoms with Crippen LogP contribution >= 0.6 is 22.7 Å². The molecule has 8 aromatic carbocycles. The second kappa shape index (κ2) is 14.3. The van der Waals surface area contributed by atoms with Crippen LogP contribution in [0, 0.1) is 0 Å². The minimum Gasteiger partial charge on any atom is -0.309 e. The van der Waals surface area contributed by atoms with Gasteiger partial charge in [0.2, 0.25) is 0 Å². The average Bonchev–Trinajstić information content (AvgIpc) is 4.03. The normalized spacial score (nSPS) is 11.8. The zero-order chi connectivity index (χ0) is 41.4. The van der Waals surface area contributed by atoms with E-state index in [4.69, 9.17) is 24.9 Å².